The molecule has 1 aromatic carbocycles. The molecule has 1 heterocycles. The molecule has 2 N–H and O–H groups in total. The number of carboxylic acids is 1. The molecule has 5 heteroatoms. The molecule has 0 aliphatic rings. The van der Waals surface area contributed by atoms with Crippen molar-refractivity contribution >= 4 is 17.6 Å². The van der Waals surface area contributed by atoms with Crippen LogP contribution in [0.2, 0.25) is 0 Å². The van der Waals surface area contributed by atoms with E-state index >= 15 is 0 Å². The molecule has 5 nitrogen and oxygen atoms in total. The van der Waals surface area contributed by atoms with E-state index in [9.17, 15) is 9.59 Å². The molecule has 0 aliphatic carbocycles. The average molecular weight is 287 g/mol. The molecule has 2 aromatic rings. The van der Waals surface area contributed by atoms with Crippen molar-refractivity contribution in [2.75, 3.05) is 5.32 Å². The van der Waals surface area contributed by atoms with Crippen molar-refractivity contribution in [3.8, 4) is 11.3 Å². The maximum atomic E-state index is 12.0. The summed E-state index contributed by atoms with van der Waals surface area (Å²) < 4.78 is 5.25. The lowest BCUT2D eigenvalue weighted by molar-refractivity contribution is -0.123. The summed E-state index contributed by atoms with van der Waals surface area (Å²) in [6.07, 6.45) is 0. The fourth-order valence-corrected chi connectivity index (χ4v) is 1.68. The van der Waals surface area contributed by atoms with Gasteiger partial charge in [-0.15, -0.1) is 0 Å². The monoisotopic (exact) mass is 287 g/mol. The number of hydrogen-bond acceptors (Lipinski definition) is 3. The molecule has 0 bridgehead atoms. The van der Waals surface area contributed by atoms with Gasteiger partial charge in [-0.25, -0.2) is 4.79 Å². The van der Waals surface area contributed by atoms with Gasteiger partial charge in [0.05, 0.1) is 0 Å². The van der Waals surface area contributed by atoms with Crippen molar-refractivity contribution in [3.05, 3.63) is 42.2 Å². The second-order valence-corrected chi connectivity index (χ2v) is 5.75. The van der Waals surface area contributed by atoms with Crippen LogP contribution >= 0.6 is 0 Å². The van der Waals surface area contributed by atoms with E-state index in [1.807, 2.05) is 20.8 Å². The van der Waals surface area contributed by atoms with Crippen molar-refractivity contribution in [1.82, 2.24) is 0 Å². The molecule has 0 fully saturated rings. The first-order valence-electron chi connectivity index (χ1n) is 6.52. The number of furan rings is 1. The van der Waals surface area contributed by atoms with Crippen LogP contribution in [0.3, 0.4) is 0 Å². The van der Waals surface area contributed by atoms with Crippen molar-refractivity contribution < 1.29 is 19.1 Å². The first-order chi connectivity index (χ1) is 9.77. The van der Waals surface area contributed by atoms with Gasteiger partial charge < -0.3 is 14.8 Å². The summed E-state index contributed by atoms with van der Waals surface area (Å²) in [5.74, 6) is -0.878. The molecule has 0 radical (unpaired) electrons. The first kappa shape index (κ1) is 14.8. The molecule has 0 saturated carbocycles. The molecule has 1 aromatic heterocycles. The van der Waals surface area contributed by atoms with E-state index in [-0.39, 0.29) is 11.7 Å². The minimum Gasteiger partial charge on any atom is -0.475 e. The zero-order chi connectivity index (χ0) is 15.6. The lowest BCUT2D eigenvalue weighted by Crippen LogP contribution is -2.27. The van der Waals surface area contributed by atoms with Gasteiger partial charge in [0.15, 0.2) is 0 Å². The largest absolute Gasteiger partial charge is 0.475 e. The Morgan fingerprint density at radius 2 is 1.86 bits per heavy atom. The first-order valence-corrected chi connectivity index (χ1v) is 6.52. The highest BCUT2D eigenvalue weighted by Gasteiger charge is 2.21. The Balaban J connectivity index is 2.25. The van der Waals surface area contributed by atoms with Crippen molar-refractivity contribution in [3.63, 3.8) is 0 Å². The van der Waals surface area contributed by atoms with E-state index < -0.39 is 11.4 Å². The predicted molar refractivity (Wildman–Crippen MR) is 79.2 cm³/mol. The third kappa shape index (κ3) is 3.51. The molecular formula is C16H17NO4. The van der Waals surface area contributed by atoms with Crippen molar-refractivity contribution in [2.45, 2.75) is 20.8 Å². The van der Waals surface area contributed by atoms with Gasteiger partial charge in [0.1, 0.15) is 5.76 Å². The smallest absolute Gasteiger partial charge is 0.371 e. The maximum Gasteiger partial charge on any atom is 0.371 e. The Morgan fingerprint density at radius 1 is 1.14 bits per heavy atom. The summed E-state index contributed by atoms with van der Waals surface area (Å²) >= 11 is 0. The number of carbonyl (C=O) groups excluding carboxylic acids is 1. The lowest BCUT2D eigenvalue weighted by atomic mass is 9.95. The summed E-state index contributed by atoms with van der Waals surface area (Å²) in [6.45, 7) is 5.49. The molecule has 2 rings (SSSR count). The number of rotatable bonds is 3. The molecule has 0 unspecified atom stereocenters. The Kier molecular flexibility index (Phi) is 3.84. The van der Waals surface area contributed by atoms with E-state index in [2.05, 4.69) is 5.32 Å². The van der Waals surface area contributed by atoms with Gasteiger partial charge in [0.25, 0.3) is 0 Å². The highest BCUT2D eigenvalue weighted by atomic mass is 16.4. The zero-order valence-electron chi connectivity index (χ0n) is 12.1. The fraction of sp³-hybridized carbons (Fsp3) is 0.250. The second-order valence-electron chi connectivity index (χ2n) is 5.75. The quantitative estimate of drug-likeness (QED) is 0.903. The molecule has 110 valence electrons. The van der Waals surface area contributed by atoms with Crippen LogP contribution in [0.4, 0.5) is 5.69 Å². The number of amides is 1. The van der Waals surface area contributed by atoms with Crippen LogP contribution in [0.5, 0.6) is 0 Å². The second kappa shape index (κ2) is 5.44. The number of benzene rings is 1. The number of carbonyl (C=O) groups is 2. The van der Waals surface area contributed by atoms with Gasteiger partial charge in [-0.05, 0) is 24.3 Å². The number of hydrogen-bond donors (Lipinski definition) is 2. The van der Waals surface area contributed by atoms with E-state index in [1.165, 1.54) is 6.07 Å². The topological polar surface area (TPSA) is 79.5 Å². The molecule has 0 spiro atoms. The standard InChI is InChI=1S/C16H17NO4/c1-16(2,3)15(20)17-11-6-4-5-10(9-11)12-7-8-13(21-12)14(18)19/h4-9H,1-3H3,(H,17,20)(H,18,19). The van der Waals surface area contributed by atoms with Crippen LogP contribution in [0.15, 0.2) is 40.8 Å². The Bertz CT molecular complexity index is 680. The number of nitrogens with one attached hydrogen (secondary N) is 1. The predicted octanol–water partition coefficient (Wildman–Crippen LogP) is 3.63. The van der Waals surface area contributed by atoms with Crippen molar-refractivity contribution in [2.24, 2.45) is 5.41 Å². The van der Waals surface area contributed by atoms with E-state index in [4.69, 9.17) is 9.52 Å². The van der Waals surface area contributed by atoms with Gasteiger partial charge in [-0.1, -0.05) is 32.9 Å². The highest BCUT2D eigenvalue weighted by Crippen LogP contribution is 2.26. The van der Waals surface area contributed by atoms with Gasteiger partial charge >= 0.3 is 5.97 Å². The van der Waals surface area contributed by atoms with Gasteiger partial charge in [0, 0.05) is 16.7 Å². The summed E-state index contributed by atoms with van der Waals surface area (Å²) in [5, 5.41) is 11.7. The minimum atomic E-state index is -1.11. The zero-order valence-corrected chi connectivity index (χ0v) is 12.1. The van der Waals surface area contributed by atoms with Crippen LogP contribution in [0.25, 0.3) is 11.3 Å². The van der Waals surface area contributed by atoms with E-state index in [0.29, 0.717) is 17.0 Å². The highest BCUT2D eigenvalue weighted by molar-refractivity contribution is 5.95. The number of aromatic carboxylic acids is 1. The molecule has 1 amide bonds. The number of anilines is 1. The lowest BCUT2D eigenvalue weighted by Gasteiger charge is -2.17. The minimum absolute atomic E-state index is 0.0923. The Hall–Kier alpha value is -2.56. The number of carboxylic acid groups (broad SMARTS) is 1. The molecule has 21 heavy (non-hydrogen) atoms. The van der Waals surface area contributed by atoms with Gasteiger partial charge in [0.2, 0.25) is 11.7 Å². The van der Waals surface area contributed by atoms with E-state index in [0.717, 1.165) is 0 Å². The molecule has 0 saturated heterocycles. The SMILES string of the molecule is CC(C)(C)C(=O)Nc1cccc(-c2ccc(C(=O)O)o2)c1. The van der Waals surface area contributed by atoms with Crippen LogP contribution < -0.4 is 5.32 Å². The maximum absolute atomic E-state index is 12.0. The van der Waals surface area contributed by atoms with Crippen LogP contribution in [0, 0.1) is 5.41 Å². The fourth-order valence-electron chi connectivity index (χ4n) is 1.68. The van der Waals surface area contributed by atoms with Crippen LogP contribution in [-0.4, -0.2) is 17.0 Å². The summed E-state index contributed by atoms with van der Waals surface area (Å²) in [5.41, 5.74) is 0.854. The van der Waals surface area contributed by atoms with Crippen LogP contribution in [-0.2, 0) is 4.79 Å². The Labute approximate surface area is 122 Å². The Morgan fingerprint density at radius 3 is 2.43 bits per heavy atom. The summed E-state index contributed by atoms with van der Waals surface area (Å²) in [7, 11) is 0. The summed E-state index contributed by atoms with van der Waals surface area (Å²) in [4.78, 5) is 22.8. The van der Waals surface area contributed by atoms with Crippen LogP contribution in [0.1, 0.15) is 31.3 Å². The van der Waals surface area contributed by atoms with E-state index in [1.54, 1.807) is 30.3 Å². The van der Waals surface area contributed by atoms with Gasteiger partial charge in [-0.2, -0.15) is 0 Å². The normalized spacial score (nSPS) is 11.2. The molecular weight excluding hydrogens is 270 g/mol. The molecule has 0 aliphatic heterocycles. The van der Waals surface area contributed by atoms with Gasteiger partial charge in [-0.3, -0.25) is 4.79 Å². The van der Waals surface area contributed by atoms with Crippen molar-refractivity contribution in [1.29, 1.82) is 0 Å². The third-order valence-corrected chi connectivity index (χ3v) is 2.90. The average Bonchev–Trinajstić information content (AvgIpc) is 2.87. The summed E-state index contributed by atoms with van der Waals surface area (Å²) in [6, 6.07) is 10.1. The third-order valence-electron chi connectivity index (χ3n) is 2.90. The molecule has 0 atom stereocenters.